The highest BCUT2D eigenvalue weighted by molar-refractivity contribution is 5.91. The van der Waals surface area contributed by atoms with Gasteiger partial charge < -0.3 is 9.84 Å². The quantitative estimate of drug-likeness (QED) is 0.464. The predicted octanol–water partition coefficient (Wildman–Crippen LogP) is 5.50. The number of aryl methyl sites for hydroxylation is 4. The highest BCUT2D eigenvalue weighted by Gasteiger charge is 2.29. The smallest absolute Gasteiger partial charge is 0.142 e. The van der Waals surface area contributed by atoms with Crippen molar-refractivity contribution in [2.45, 2.75) is 38.2 Å². The topological polar surface area (TPSA) is 42.4 Å². The lowest BCUT2D eigenvalue weighted by Crippen LogP contribution is -2.09. The van der Waals surface area contributed by atoms with Crippen LogP contribution < -0.4 is 4.74 Å². The molecule has 1 aliphatic heterocycles. The van der Waals surface area contributed by atoms with Gasteiger partial charge >= 0.3 is 0 Å². The van der Waals surface area contributed by atoms with E-state index < -0.39 is 0 Å². The Morgan fingerprint density at radius 2 is 1.53 bits per heavy atom. The van der Waals surface area contributed by atoms with Crippen LogP contribution in [0.25, 0.3) is 10.9 Å². The first-order valence-corrected chi connectivity index (χ1v) is 10.7. The summed E-state index contributed by atoms with van der Waals surface area (Å²) in [5, 5.41) is 11.3. The number of hydrogen-bond acceptors (Lipinski definition) is 3. The molecule has 2 heterocycles. The first-order chi connectivity index (χ1) is 14.7. The number of nitrogens with zero attached hydrogens (tertiary/aromatic N) is 1. The molecule has 4 aromatic rings. The molecular formula is C27H23NO2. The van der Waals surface area contributed by atoms with Gasteiger partial charge in [0, 0.05) is 23.6 Å². The van der Waals surface area contributed by atoms with Gasteiger partial charge in [0.25, 0.3) is 0 Å². The van der Waals surface area contributed by atoms with Crippen molar-refractivity contribution in [2.24, 2.45) is 0 Å². The Labute approximate surface area is 176 Å². The molecule has 0 amide bonds. The summed E-state index contributed by atoms with van der Waals surface area (Å²) in [6.07, 6.45) is 6.56. The second kappa shape index (κ2) is 6.88. The van der Waals surface area contributed by atoms with Crippen molar-refractivity contribution in [3.05, 3.63) is 100 Å². The fourth-order valence-corrected chi connectivity index (χ4v) is 4.88. The Bertz CT molecular complexity index is 1260. The fourth-order valence-electron chi connectivity index (χ4n) is 4.88. The SMILES string of the molecule is Oc1cc2c(c3cccnc13)O[C@@H](c1cc3ccc1CCc1ccc(cc1)CC3)C2. The van der Waals surface area contributed by atoms with Gasteiger partial charge in [-0.1, -0.05) is 42.5 Å². The van der Waals surface area contributed by atoms with E-state index in [1.165, 1.54) is 27.8 Å². The maximum atomic E-state index is 10.4. The average Bonchev–Trinajstić information content (AvgIpc) is 3.20. The summed E-state index contributed by atoms with van der Waals surface area (Å²) in [6.45, 7) is 0. The van der Waals surface area contributed by atoms with Crippen LogP contribution in [0.3, 0.4) is 0 Å². The minimum Gasteiger partial charge on any atom is -0.506 e. The molecule has 1 atom stereocenters. The molecule has 9 rings (SSSR count). The van der Waals surface area contributed by atoms with Crippen LogP contribution in [0.5, 0.6) is 11.5 Å². The number of benzene rings is 3. The maximum Gasteiger partial charge on any atom is 0.142 e. The van der Waals surface area contributed by atoms with Crippen LogP contribution in [0.4, 0.5) is 0 Å². The van der Waals surface area contributed by atoms with Gasteiger partial charge in [0.1, 0.15) is 23.1 Å². The van der Waals surface area contributed by atoms with Crippen molar-refractivity contribution in [3.63, 3.8) is 0 Å². The Morgan fingerprint density at radius 3 is 2.37 bits per heavy atom. The molecule has 1 aromatic heterocycles. The first-order valence-electron chi connectivity index (χ1n) is 10.7. The highest BCUT2D eigenvalue weighted by Crippen LogP contribution is 2.45. The summed E-state index contributed by atoms with van der Waals surface area (Å²) >= 11 is 0. The van der Waals surface area contributed by atoms with Gasteiger partial charge in [-0.05, 0) is 71.7 Å². The summed E-state index contributed by atoms with van der Waals surface area (Å²) in [5.41, 5.74) is 8.44. The van der Waals surface area contributed by atoms with Crippen molar-refractivity contribution in [3.8, 4) is 11.5 Å². The predicted molar refractivity (Wildman–Crippen MR) is 118 cm³/mol. The van der Waals surface area contributed by atoms with E-state index in [-0.39, 0.29) is 11.9 Å². The number of phenolic OH excluding ortho intramolecular Hbond substituents is 1. The number of pyridine rings is 1. The standard InChI is InChI=1S/C27H23NO2/c29-24-15-21-16-25(30-27(21)22-2-1-13-28-26(22)24)23-14-19-8-7-17-3-5-18(6-4-17)9-11-20(23)12-10-19/h1-6,10,12-15,25,29H,7-9,11,16H2/t25-/m1/s1. The van der Waals surface area contributed by atoms with Gasteiger partial charge in [-0.2, -0.15) is 0 Å². The average molecular weight is 393 g/mol. The second-order valence-electron chi connectivity index (χ2n) is 8.44. The Hall–Kier alpha value is -3.33. The molecule has 3 heteroatoms. The van der Waals surface area contributed by atoms with Crippen LogP contribution in [0.1, 0.15) is 39.5 Å². The molecule has 4 bridgehead atoms. The van der Waals surface area contributed by atoms with Gasteiger partial charge in [0.2, 0.25) is 0 Å². The molecule has 1 N–H and O–H groups in total. The monoisotopic (exact) mass is 393 g/mol. The van der Waals surface area contributed by atoms with Crippen LogP contribution in [0.15, 0.2) is 66.9 Å². The van der Waals surface area contributed by atoms with Gasteiger partial charge in [0.15, 0.2) is 0 Å². The van der Waals surface area contributed by atoms with E-state index in [2.05, 4.69) is 47.4 Å². The summed E-state index contributed by atoms with van der Waals surface area (Å²) in [7, 11) is 0. The molecule has 3 nitrogen and oxygen atoms in total. The third kappa shape index (κ3) is 2.93. The molecule has 0 unspecified atom stereocenters. The summed E-state index contributed by atoms with van der Waals surface area (Å²) < 4.78 is 6.53. The second-order valence-corrected chi connectivity index (χ2v) is 8.44. The van der Waals surface area contributed by atoms with Crippen molar-refractivity contribution < 1.29 is 9.84 Å². The van der Waals surface area contributed by atoms with E-state index >= 15 is 0 Å². The maximum absolute atomic E-state index is 10.4. The van der Waals surface area contributed by atoms with Crippen molar-refractivity contribution in [2.75, 3.05) is 0 Å². The normalized spacial score (nSPS) is 17.4. The van der Waals surface area contributed by atoms with Crippen LogP contribution in [-0.4, -0.2) is 10.1 Å². The van der Waals surface area contributed by atoms with Crippen molar-refractivity contribution in [1.82, 2.24) is 4.98 Å². The molecule has 4 aliphatic carbocycles. The zero-order chi connectivity index (χ0) is 20.1. The van der Waals surface area contributed by atoms with Gasteiger partial charge in [-0.3, -0.25) is 4.98 Å². The molecule has 148 valence electrons. The Balaban J connectivity index is 1.40. The van der Waals surface area contributed by atoms with Gasteiger partial charge in [-0.15, -0.1) is 0 Å². The van der Waals surface area contributed by atoms with E-state index in [1.807, 2.05) is 18.2 Å². The van der Waals surface area contributed by atoms with Crippen molar-refractivity contribution >= 4 is 10.9 Å². The van der Waals surface area contributed by atoms with Gasteiger partial charge in [-0.25, -0.2) is 0 Å². The minimum atomic E-state index is -0.0241. The van der Waals surface area contributed by atoms with E-state index in [1.54, 1.807) is 6.20 Å². The molecule has 5 aliphatic rings. The molecule has 3 aromatic carbocycles. The molecule has 0 fully saturated rings. The lowest BCUT2D eigenvalue weighted by atomic mass is 9.90. The number of aromatic hydroxyl groups is 1. The van der Waals surface area contributed by atoms with E-state index in [9.17, 15) is 5.11 Å². The van der Waals surface area contributed by atoms with Crippen LogP contribution in [0.2, 0.25) is 0 Å². The third-order valence-corrected chi connectivity index (χ3v) is 6.53. The Kier molecular flexibility index (Phi) is 4.02. The molecule has 0 saturated heterocycles. The molecule has 0 spiro atoms. The lowest BCUT2D eigenvalue weighted by Gasteiger charge is -2.19. The number of ether oxygens (including phenoxy) is 1. The van der Waals surface area contributed by atoms with E-state index in [4.69, 9.17) is 4.74 Å². The first kappa shape index (κ1) is 17.5. The summed E-state index contributed by atoms with van der Waals surface area (Å²) in [6, 6.07) is 21.7. The van der Waals surface area contributed by atoms with Crippen LogP contribution in [0, 0.1) is 0 Å². The fraction of sp³-hybridized carbons (Fsp3) is 0.222. The zero-order valence-electron chi connectivity index (χ0n) is 16.8. The highest BCUT2D eigenvalue weighted by atomic mass is 16.5. The number of aromatic nitrogens is 1. The number of hydrogen-bond donors (Lipinski definition) is 1. The summed E-state index contributed by atoms with van der Waals surface area (Å²) in [4.78, 5) is 4.34. The third-order valence-electron chi connectivity index (χ3n) is 6.53. The molecule has 30 heavy (non-hydrogen) atoms. The molecule has 0 radical (unpaired) electrons. The largest absolute Gasteiger partial charge is 0.506 e. The Morgan fingerprint density at radius 1 is 0.800 bits per heavy atom. The zero-order valence-corrected chi connectivity index (χ0v) is 16.8. The molecule has 0 saturated carbocycles. The van der Waals surface area contributed by atoms with Crippen LogP contribution in [-0.2, 0) is 32.1 Å². The van der Waals surface area contributed by atoms with E-state index in [0.29, 0.717) is 5.52 Å². The lowest BCUT2D eigenvalue weighted by molar-refractivity contribution is 0.240. The molecular weight excluding hydrogens is 370 g/mol. The van der Waals surface area contributed by atoms with Gasteiger partial charge in [0.05, 0.1) is 0 Å². The minimum absolute atomic E-state index is 0.0241. The number of fused-ring (bicyclic) bond motifs is 3. The van der Waals surface area contributed by atoms with Crippen LogP contribution >= 0.6 is 0 Å². The number of rotatable bonds is 1. The number of phenols is 1. The van der Waals surface area contributed by atoms with Crippen molar-refractivity contribution in [1.29, 1.82) is 0 Å². The van der Waals surface area contributed by atoms with E-state index in [0.717, 1.165) is 48.8 Å². The summed E-state index contributed by atoms with van der Waals surface area (Å²) in [5.74, 6) is 1.10.